The molecule has 0 bridgehead atoms. The number of hydrogen-bond donors (Lipinski definition) is 2. The lowest BCUT2D eigenvalue weighted by Crippen LogP contribution is -2.68. The molecular weight excluding hydrogens is 667 g/mol. The van der Waals surface area contributed by atoms with Gasteiger partial charge in [-0.05, 0) is 35.7 Å². The standard InChI is InChI=1S/C33H38F3N5O7S/c1-18(2)29(33(46)47)48-22-5-3-19(4-6-22)15-39-17-28(43)40-8-7-38(16-26(40)30(39)44)31(45)32-41(9-10-49-32)27(42)13-21(37)11-20-12-24(35)25(36)14-23(20)34/h3-6,12,14,18,21,26,29,32H,7-11,13,15-17,37H2,1-2H3,(H,46,47). The minimum Gasteiger partial charge on any atom is -0.478 e. The van der Waals surface area contributed by atoms with Crippen LogP contribution in [-0.2, 0) is 36.9 Å². The van der Waals surface area contributed by atoms with Crippen LogP contribution in [0, 0.1) is 23.4 Å². The predicted octanol–water partition coefficient (Wildman–Crippen LogP) is 1.84. The van der Waals surface area contributed by atoms with Gasteiger partial charge in [-0.15, -0.1) is 11.8 Å². The molecule has 3 aliphatic heterocycles. The summed E-state index contributed by atoms with van der Waals surface area (Å²) in [6.07, 6.45) is -1.50. The van der Waals surface area contributed by atoms with Crippen molar-refractivity contribution in [2.24, 2.45) is 11.7 Å². The number of carboxylic acid groups (broad SMARTS) is 1. The van der Waals surface area contributed by atoms with Gasteiger partial charge >= 0.3 is 5.97 Å². The second-order valence-corrected chi connectivity index (χ2v) is 13.9. The summed E-state index contributed by atoms with van der Waals surface area (Å²) < 4.78 is 46.6. The Morgan fingerprint density at radius 1 is 1.02 bits per heavy atom. The smallest absolute Gasteiger partial charge is 0.345 e. The van der Waals surface area contributed by atoms with E-state index in [1.54, 1.807) is 38.1 Å². The van der Waals surface area contributed by atoms with Gasteiger partial charge in [-0.3, -0.25) is 19.2 Å². The molecule has 3 saturated heterocycles. The third-order valence-corrected chi connectivity index (χ3v) is 9.96. The van der Waals surface area contributed by atoms with E-state index in [9.17, 15) is 42.3 Å². The van der Waals surface area contributed by atoms with Crippen LogP contribution in [0.5, 0.6) is 5.75 Å². The van der Waals surface area contributed by atoms with Crippen molar-refractivity contribution in [3.05, 3.63) is 65.0 Å². The topological polar surface area (TPSA) is 154 Å². The van der Waals surface area contributed by atoms with Gasteiger partial charge in [0, 0.05) is 56.4 Å². The zero-order valence-electron chi connectivity index (χ0n) is 27.0. The van der Waals surface area contributed by atoms with Crippen LogP contribution in [0.3, 0.4) is 0 Å². The van der Waals surface area contributed by atoms with Gasteiger partial charge in [-0.1, -0.05) is 26.0 Å². The average Bonchev–Trinajstić information content (AvgIpc) is 3.55. The molecule has 3 fully saturated rings. The number of rotatable bonds is 11. The first kappa shape index (κ1) is 36.0. The zero-order chi connectivity index (χ0) is 35.6. The van der Waals surface area contributed by atoms with Crippen LogP contribution in [0.4, 0.5) is 13.2 Å². The van der Waals surface area contributed by atoms with Crippen molar-refractivity contribution in [1.29, 1.82) is 0 Å². The molecule has 5 rings (SSSR count). The monoisotopic (exact) mass is 705 g/mol. The maximum atomic E-state index is 14.1. The molecule has 0 radical (unpaired) electrons. The molecular formula is C33H38F3N5O7S. The van der Waals surface area contributed by atoms with E-state index in [0.717, 1.165) is 0 Å². The van der Waals surface area contributed by atoms with Gasteiger partial charge in [0.2, 0.25) is 17.7 Å². The van der Waals surface area contributed by atoms with Crippen molar-refractivity contribution >= 4 is 41.4 Å². The molecule has 0 aliphatic carbocycles. The fourth-order valence-corrected chi connectivity index (χ4v) is 7.40. The van der Waals surface area contributed by atoms with Crippen molar-refractivity contribution in [2.45, 2.75) is 56.8 Å². The van der Waals surface area contributed by atoms with Gasteiger partial charge in [-0.2, -0.15) is 0 Å². The Hall–Kier alpha value is -4.31. The quantitative estimate of drug-likeness (QED) is 0.334. The molecule has 16 heteroatoms. The predicted molar refractivity (Wildman–Crippen MR) is 171 cm³/mol. The number of hydrogen-bond acceptors (Lipinski definition) is 8. The van der Waals surface area contributed by atoms with E-state index in [1.807, 2.05) is 0 Å². The van der Waals surface area contributed by atoms with Gasteiger partial charge in [0.1, 0.15) is 24.2 Å². The van der Waals surface area contributed by atoms with Crippen LogP contribution >= 0.6 is 11.8 Å². The summed E-state index contributed by atoms with van der Waals surface area (Å²) in [7, 11) is 0. The van der Waals surface area contributed by atoms with Crippen LogP contribution in [0.15, 0.2) is 36.4 Å². The molecule has 0 saturated carbocycles. The highest BCUT2D eigenvalue weighted by molar-refractivity contribution is 8.00. The number of amides is 4. The summed E-state index contributed by atoms with van der Waals surface area (Å²) in [6, 6.07) is 5.92. The van der Waals surface area contributed by atoms with Gasteiger partial charge in [0.05, 0.1) is 6.54 Å². The second kappa shape index (κ2) is 15.1. The molecule has 3 heterocycles. The highest BCUT2D eigenvalue weighted by Crippen LogP contribution is 2.29. The van der Waals surface area contributed by atoms with Gasteiger partial charge in [-0.25, -0.2) is 18.0 Å². The summed E-state index contributed by atoms with van der Waals surface area (Å²) in [5, 5.41) is 8.51. The van der Waals surface area contributed by atoms with E-state index in [2.05, 4.69) is 0 Å². The summed E-state index contributed by atoms with van der Waals surface area (Å²) in [5.41, 5.74) is 6.61. The van der Waals surface area contributed by atoms with E-state index >= 15 is 0 Å². The number of piperazine rings is 2. The van der Waals surface area contributed by atoms with E-state index in [0.29, 0.717) is 29.2 Å². The van der Waals surface area contributed by atoms with Crippen LogP contribution in [0.25, 0.3) is 0 Å². The maximum Gasteiger partial charge on any atom is 0.345 e. The van der Waals surface area contributed by atoms with Crippen LogP contribution in [0.2, 0.25) is 0 Å². The molecule has 0 aromatic heterocycles. The van der Waals surface area contributed by atoms with Crippen LogP contribution in [-0.4, -0.2) is 116 Å². The molecule has 4 unspecified atom stereocenters. The van der Waals surface area contributed by atoms with E-state index in [4.69, 9.17) is 10.5 Å². The van der Waals surface area contributed by atoms with Crippen molar-refractivity contribution < 1.29 is 47.0 Å². The van der Waals surface area contributed by atoms with Gasteiger partial charge in [0.15, 0.2) is 23.1 Å². The number of halogens is 3. The Kier molecular flexibility index (Phi) is 11.1. The fraction of sp³-hybridized carbons (Fsp3) is 0.485. The number of carbonyl (C=O) groups excluding carboxylic acids is 4. The van der Waals surface area contributed by atoms with Crippen molar-refractivity contribution in [2.75, 3.05) is 38.5 Å². The summed E-state index contributed by atoms with van der Waals surface area (Å²) in [5.74, 6) is -5.45. The first-order chi connectivity index (χ1) is 23.2. The summed E-state index contributed by atoms with van der Waals surface area (Å²) in [6.45, 7) is 4.00. The minimum atomic E-state index is -1.33. The molecule has 0 spiro atoms. The van der Waals surface area contributed by atoms with E-state index in [1.165, 1.54) is 31.4 Å². The third kappa shape index (κ3) is 8.12. The van der Waals surface area contributed by atoms with Crippen molar-refractivity contribution in [3.63, 3.8) is 0 Å². The molecule has 49 heavy (non-hydrogen) atoms. The van der Waals surface area contributed by atoms with Crippen LogP contribution < -0.4 is 10.5 Å². The fourth-order valence-electron chi connectivity index (χ4n) is 6.18. The first-order valence-electron chi connectivity index (χ1n) is 15.9. The first-order valence-corrected chi connectivity index (χ1v) is 16.9. The number of aliphatic carboxylic acids is 1. The van der Waals surface area contributed by atoms with E-state index in [-0.39, 0.29) is 81.3 Å². The molecule has 12 nitrogen and oxygen atoms in total. The van der Waals surface area contributed by atoms with Crippen LogP contribution in [0.1, 0.15) is 31.4 Å². The molecule has 3 aliphatic rings. The van der Waals surface area contributed by atoms with Crippen molar-refractivity contribution in [3.8, 4) is 5.75 Å². The number of thioether (sulfide) groups is 1. The number of carbonyl (C=O) groups is 5. The number of ether oxygens (including phenoxy) is 1. The summed E-state index contributed by atoms with van der Waals surface area (Å²) in [4.78, 5) is 70.8. The lowest BCUT2D eigenvalue weighted by Gasteiger charge is -2.46. The van der Waals surface area contributed by atoms with Gasteiger partial charge in [0.25, 0.3) is 5.91 Å². The average molecular weight is 706 g/mol. The number of benzene rings is 2. The normalized spacial score (nSPS) is 20.8. The number of fused-ring (bicyclic) bond motifs is 1. The molecule has 2 aromatic rings. The maximum absolute atomic E-state index is 14.1. The Morgan fingerprint density at radius 2 is 1.71 bits per heavy atom. The second-order valence-electron chi connectivity index (χ2n) is 12.7. The van der Waals surface area contributed by atoms with E-state index < -0.39 is 52.9 Å². The lowest BCUT2D eigenvalue weighted by molar-refractivity contribution is -0.162. The molecule has 264 valence electrons. The number of nitrogens with two attached hydrogens (primary N) is 1. The Morgan fingerprint density at radius 3 is 2.39 bits per heavy atom. The molecule has 4 amide bonds. The molecule has 3 N–H and O–H groups in total. The van der Waals surface area contributed by atoms with Crippen molar-refractivity contribution in [1.82, 2.24) is 19.6 Å². The largest absolute Gasteiger partial charge is 0.478 e. The lowest BCUT2D eigenvalue weighted by atomic mass is 10.0. The zero-order valence-corrected chi connectivity index (χ0v) is 27.8. The Balaban J connectivity index is 1.19. The highest BCUT2D eigenvalue weighted by atomic mass is 32.2. The summed E-state index contributed by atoms with van der Waals surface area (Å²) >= 11 is 1.26. The SMILES string of the molecule is CC(C)C(Oc1ccc(CN2CC(=O)N3CCN(C(=O)C4SCCN4C(=O)CC(N)Cc4cc(F)c(F)cc4F)CC3C2=O)cc1)C(=O)O. The Bertz CT molecular complexity index is 1610. The third-order valence-electron chi connectivity index (χ3n) is 8.77. The Labute approximate surface area is 285 Å². The molecule has 2 aromatic carbocycles. The highest BCUT2D eigenvalue weighted by Gasteiger charge is 2.46. The van der Waals surface area contributed by atoms with Gasteiger partial charge < -0.3 is 35.2 Å². The minimum absolute atomic E-state index is 0.0491. The molecule has 4 atom stereocenters. The number of nitrogens with zero attached hydrogens (tertiary/aromatic N) is 4. The number of carboxylic acids is 1.